The maximum absolute atomic E-state index is 14.8. The number of amides is 1. The summed E-state index contributed by atoms with van der Waals surface area (Å²) >= 11 is 0. The third-order valence-corrected chi connectivity index (χ3v) is 8.76. The number of nitrogens with one attached hydrogen (secondary N) is 1. The van der Waals surface area contributed by atoms with Crippen LogP contribution in [0.1, 0.15) is 27.8 Å². The standard InChI is InChI=1S/C44H38N4O3/c45-47-41(43(50)48(39-29-17-6-18-30-39)31-34-19-7-1-8-20-34)42(49)40(33-51-32-35-21-9-2-10-22-35)46-44(36-23-11-3-12-24-36,37-25-13-4-14-26-37)38-27-15-5-16-28-38/h1-30,40,46H,31-33H2/t40-/m0/s1. The van der Waals surface area contributed by atoms with Gasteiger partial charge in [-0.25, -0.2) is 0 Å². The minimum Gasteiger partial charge on any atom is -0.375 e. The highest BCUT2D eigenvalue weighted by Crippen LogP contribution is 2.37. The topological polar surface area (TPSA) is 95.0 Å². The highest BCUT2D eigenvalue weighted by atomic mass is 16.5. The lowest BCUT2D eigenvalue weighted by molar-refractivity contribution is -0.126. The predicted molar refractivity (Wildman–Crippen MR) is 200 cm³/mol. The van der Waals surface area contributed by atoms with Gasteiger partial charge in [0.2, 0.25) is 0 Å². The molecular weight excluding hydrogens is 633 g/mol. The molecule has 6 rings (SSSR count). The van der Waals surface area contributed by atoms with Crippen LogP contribution in [0, 0.1) is 0 Å². The summed E-state index contributed by atoms with van der Waals surface area (Å²) in [5, 5.41) is 3.66. The molecule has 0 unspecified atom stereocenters. The Morgan fingerprint density at radius 1 is 0.608 bits per heavy atom. The van der Waals surface area contributed by atoms with Crippen molar-refractivity contribution in [2.75, 3.05) is 11.5 Å². The van der Waals surface area contributed by atoms with Gasteiger partial charge in [0.05, 0.1) is 25.3 Å². The number of Topliss-reactive ketones (excluding diaryl/α,β-unsaturated/α-hetero) is 1. The molecular formula is C44H38N4O3. The van der Waals surface area contributed by atoms with Gasteiger partial charge in [0.25, 0.3) is 5.78 Å². The summed E-state index contributed by atoms with van der Waals surface area (Å²) in [7, 11) is 0. The summed E-state index contributed by atoms with van der Waals surface area (Å²) in [5.74, 6) is -1.45. The van der Waals surface area contributed by atoms with Gasteiger partial charge in [-0.1, -0.05) is 170 Å². The second-order valence-corrected chi connectivity index (χ2v) is 12.1. The van der Waals surface area contributed by atoms with E-state index in [2.05, 4.69) is 10.1 Å². The molecule has 6 aromatic rings. The Morgan fingerprint density at radius 2 is 1.02 bits per heavy atom. The van der Waals surface area contributed by atoms with Crippen LogP contribution in [0.25, 0.3) is 5.53 Å². The molecule has 6 aromatic carbocycles. The number of ketones is 1. The SMILES string of the molecule is [N-]=[N+]=C(C(=O)[C@H](COCc1ccccc1)NC(c1ccccc1)(c1ccccc1)c1ccccc1)C(=O)N(Cc1ccccc1)c1ccccc1. The van der Waals surface area contributed by atoms with Crippen LogP contribution in [0.2, 0.25) is 0 Å². The molecule has 51 heavy (non-hydrogen) atoms. The highest BCUT2D eigenvalue weighted by Gasteiger charge is 2.45. The monoisotopic (exact) mass is 670 g/mol. The van der Waals surface area contributed by atoms with Crippen molar-refractivity contribution in [3.63, 3.8) is 0 Å². The van der Waals surface area contributed by atoms with Crippen LogP contribution < -0.4 is 10.2 Å². The van der Waals surface area contributed by atoms with Crippen molar-refractivity contribution < 1.29 is 19.1 Å². The average molecular weight is 671 g/mol. The fraction of sp³-hybridized carbons (Fsp3) is 0.114. The zero-order valence-electron chi connectivity index (χ0n) is 28.1. The molecule has 252 valence electrons. The molecule has 7 heteroatoms. The molecule has 0 aliphatic rings. The number of carbonyl (C=O) groups excluding carboxylic acids is 2. The molecule has 0 bridgehead atoms. The van der Waals surface area contributed by atoms with E-state index < -0.39 is 29.0 Å². The van der Waals surface area contributed by atoms with Gasteiger partial charge < -0.3 is 10.3 Å². The molecule has 0 saturated heterocycles. The first-order valence-electron chi connectivity index (χ1n) is 16.8. The molecule has 7 nitrogen and oxygen atoms in total. The molecule has 0 aromatic heterocycles. The number of para-hydroxylation sites is 1. The van der Waals surface area contributed by atoms with E-state index in [1.807, 2.05) is 170 Å². The predicted octanol–water partition coefficient (Wildman–Crippen LogP) is 7.63. The minimum atomic E-state index is -1.14. The van der Waals surface area contributed by atoms with E-state index in [0.717, 1.165) is 27.8 Å². The van der Waals surface area contributed by atoms with Crippen LogP contribution in [0.4, 0.5) is 5.69 Å². The van der Waals surface area contributed by atoms with Crippen LogP contribution in [0.5, 0.6) is 0 Å². The Labute approximate surface area is 298 Å². The molecule has 1 N–H and O–H groups in total. The van der Waals surface area contributed by atoms with Gasteiger partial charge in [0.15, 0.2) is 0 Å². The summed E-state index contributed by atoms with van der Waals surface area (Å²) in [6, 6.07) is 56.6. The van der Waals surface area contributed by atoms with Crippen LogP contribution in [-0.4, -0.2) is 34.8 Å². The smallest absolute Gasteiger partial charge is 0.375 e. The van der Waals surface area contributed by atoms with E-state index in [9.17, 15) is 15.1 Å². The Kier molecular flexibility index (Phi) is 11.5. The van der Waals surface area contributed by atoms with Crippen molar-refractivity contribution in [3.05, 3.63) is 215 Å². The van der Waals surface area contributed by atoms with Crippen molar-refractivity contribution in [2.24, 2.45) is 0 Å². The second-order valence-electron chi connectivity index (χ2n) is 12.1. The fourth-order valence-corrected chi connectivity index (χ4v) is 6.27. The molecule has 1 atom stereocenters. The van der Waals surface area contributed by atoms with Crippen LogP contribution in [0.3, 0.4) is 0 Å². The Hall–Kier alpha value is -6.24. The molecule has 0 saturated carbocycles. The highest BCUT2D eigenvalue weighted by molar-refractivity contribution is 6.66. The largest absolute Gasteiger partial charge is 0.423 e. The lowest BCUT2D eigenvalue weighted by Crippen LogP contribution is -2.57. The van der Waals surface area contributed by atoms with Crippen LogP contribution in [0.15, 0.2) is 182 Å². The molecule has 0 aliphatic carbocycles. The maximum Gasteiger partial charge on any atom is 0.423 e. The Morgan fingerprint density at radius 3 is 1.47 bits per heavy atom. The Bertz CT molecular complexity index is 1960. The third kappa shape index (κ3) is 8.15. The molecule has 1 amide bonds. The van der Waals surface area contributed by atoms with Gasteiger partial charge in [0.1, 0.15) is 6.04 Å². The van der Waals surface area contributed by atoms with Gasteiger partial charge in [-0.05, 0) is 39.9 Å². The molecule has 0 aliphatic heterocycles. The first kappa shape index (κ1) is 34.6. The number of anilines is 1. The van der Waals surface area contributed by atoms with Gasteiger partial charge in [-0.2, -0.15) is 4.79 Å². The summed E-state index contributed by atoms with van der Waals surface area (Å²) in [6.45, 7) is 0.254. The summed E-state index contributed by atoms with van der Waals surface area (Å²) in [5.41, 5.74) is 13.7. The zero-order valence-corrected chi connectivity index (χ0v) is 28.1. The molecule has 0 heterocycles. The second kappa shape index (κ2) is 16.9. The lowest BCUT2D eigenvalue weighted by Gasteiger charge is -2.39. The van der Waals surface area contributed by atoms with Gasteiger partial charge in [0, 0.05) is 5.69 Å². The van der Waals surface area contributed by atoms with Gasteiger partial charge in [-0.15, -0.1) is 0 Å². The maximum atomic E-state index is 14.8. The minimum absolute atomic E-state index is 0.127. The normalized spacial score (nSPS) is 11.6. The quantitative estimate of drug-likeness (QED) is 0.0400. The number of benzene rings is 6. The van der Waals surface area contributed by atoms with Crippen molar-refractivity contribution in [1.29, 1.82) is 0 Å². The Balaban J connectivity index is 1.44. The average Bonchev–Trinajstić information content (AvgIpc) is 3.20. The van der Waals surface area contributed by atoms with Crippen LogP contribution in [-0.2, 0) is 33.0 Å². The molecule has 0 radical (unpaired) electrons. The number of hydrogen-bond donors (Lipinski definition) is 1. The fourth-order valence-electron chi connectivity index (χ4n) is 6.27. The molecule has 0 spiro atoms. The number of ether oxygens (including phenoxy) is 1. The van der Waals surface area contributed by atoms with Crippen molar-refractivity contribution in [1.82, 2.24) is 5.32 Å². The van der Waals surface area contributed by atoms with Gasteiger partial charge >= 0.3 is 11.6 Å². The van der Waals surface area contributed by atoms with Crippen molar-refractivity contribution in [3.8, 4) is 0 Å². The van der Waals surface area contributed by atoms with E-state index in [4.69, 9.17) is 4.74 Å². The summed E-state index contributed by atoms with van der Waals surface area (Å²) in [6.07, 6.45) is 0. The first-order valence-corrected chi connectivity index (χ1v) is 16.8. The van der Waals surface area contributed by atoms with E-state index in [1.165, 1.54) is 4.90 Å². The number of rotatable bonds is 15. The summed E-state index contributed by atoms with van der Waals surface area (Å²) in [4.78, 5) is 34.1. The number of carbonyl (C=O) groups is 2. The van der Waals surface area contributed by atoms with Crippen molar-refractivity contribution in [2.45, 2.75) is 24.7 Å². The van der Waals surface area contributed by atoms with E-state index in [-0.39, 0.29) is 19.8 Å². The zero-order chi connectivity index (χ0) is 35.3. The molecule has 0 fully saturated rings. The summed E-state index contributed by atoms with van der Waals surface area (Å²) < 4.78 is 6.23. The lowest BCUT2D eigenvalue weighted by atomic mass is 9.76. The third-order valence-electron chi connectivity index (χ3n) is 8.76. The number of hydrogen-bond acceptors (Lipinski definition) is 4. The first-order chi connectivity index (χ1) is 25.1. The van der Waals surface area contributed by atoms with Crippen LogP contribution >= 0.6 is 0 Å². The van der Waals surface area contributed by atoms with Crippen molar-refractivity contribution >= 4 is 23.1 Å². The van der Waals surface area contributed by atoms with Gasteiger partial charge in [-0.3, -0.25) is 19.8 Å². The number of nitrogens with zero attached hydrogens (tertiary/aromatic N) is 3. The van der Waals surface area contributed by atoms with E-state index >= 15 is 0 Å². The van der Waals surface area contributed by atoms with E-state index in [0.29, 0.717) is 5.69 Å². The van der Waals surface area contributed by atoms with E-state index in [1.54, 1.807) is 12.1 Å².